The first kappa shape index (κ1) is 14.7. The minimum atomic E-state index is -1.12. The molecule has 1 rings (SSSR count). The fraction of sp³-hybridized carbons (Fsp3) is 0.333. The van der Waals surface area contributed by atoms with Gasteiger partial charge in [0.25, 0.3) is 0 Å². The number of halogens is 1. The van der Waals surface area contributed by atoms with Gasteiger partial charge in [0.15, 0.2) is 0 Å². The summed E-state index contributed by atoms with van der Waals surface area (Å²) in [5, 5.41) is 11.3. The number of urea groups is 1. The van der Waals surface area contributed by atoms with E-state index in [1.807, 2.05) is 0 Å². The molecule has 104 valence electrons. The van der Waals surface area contributed by atoms with Crippen molar-refractivity contribution < 1.29 is 23.8 Å². The first-order chi connectivity index (χ1) is 8.86. The van der Waals surface area contributed by atoms with Crippen LogP contribution in [0.15, 0.2) is 18.2 Å². The second-order valence-corrected chi connectivity index (χ2v) is 3.90. The zero-order valence-corrected chi connectivity index (χ0v) is 10.8. The van der Waals surface area contributed by atoms with E-state index in [1.54, 1.807) is 0 Å². The Morgan fingerprint density at radius 3 is 2.63 bits per heavy atom. The van der Waals surface area contributed by atoms with E-state index < -0.39 is 23.9 Å². The highest BCUT2D eigenvalue weighted by Crippen LogP contribution is 2.25. The minimum absolute atomic E-state index is 0.157. The van der Waals surface area contributed by atoms with Crippen LogP contribution >= 0.6 is 0 Å². The Morgan fingerprint density at radius 2 is 2.11 bits per heavy atom. The van der Waals surface area contributed by atoms with Crippen molar-refractivity contribution in [3.8, 4) is 5.75 Å². The molecule has 0 heterocycles. The molecule has 19 heavy (non-hydrogen) atoms. The van der Waals surface area contributed by atoms with E-state index in [-0.39, 0.29) is 11.4 Å². The van der Waals surface area contributed by atoms with Gasteiger partial charge >= 0.3 is 12.0 Å². The lowest BCUT2D eigenvalue weighted by Gasteiger charge is -2.22. The second-order valence-electron chi connectivity index (χ2n) is 3.90. The third-order valence-corrected chi connectivity index (χ3v) is 2.66. The maximum Gasteiger partial charge on any atom is 0.326 e. The molecule has 6 nitrogen and oxygen atoms in total. The topological polar surface area (TPSA) is 78.9 Å². The third kappa shape index (κ3) is 3.57. The van der Waals surface area contributed by atoms with Crippen molar-refractivity contribution in [2.45, 2.75) is 13.0 Å². The van der Waals surface area contributed by atoms with Crippen LogP contribution in [-0.2, 0) is 4.79 Å². The molecule has 0 spiro atoms. The highest BCUT2D eigenvalue weighted by Gasteiger charge is 2.22. The average Bonchev–Trinajstić information content (AvgIpc) is 2.38. The van der Waals surface area contributed by atoms with E-state index in [4.69, 9.17) is 9.84 Å². The van der Waals surface area contributed by atoms with Crippen molar-refractivity contribution in [1.82, 2.24) is 4.90 Å². The summed E-state index contributed by atoms with van der Waals surface area (Å²) in [7, 11) is 2.69. The molecule has 0 aliphatic carbocycles. The summed E-state index contributed by atoms with van der Waals surface area (Å²) in [5.74, 6) is -1.46. The Labute approximate surface area is 109 Å². The van der Waals surface area contributed by atoms with Crippen LogP contribution in [0, 0.1) is 5.82 Å². The van der Waals surface area contributed by atoms with Crippen molar-refractivity contribution in [2.24, 2.45) is 0 Å². The Hall–Kier alpha value is -2.31. The lowest BCUT2D eigenvalue weighted by atomic mass is 10.2. The van der Waals surface area contributed by atoms with Crippen LogP contribution in [-0.4, -0.2) is 42.2 Å². The number of carbonyl (C=O) groups excluding carboxylic acids is 1. The number of hydrogen-bond donors (Lipinski definition) is 2. The van der Waals surface area contributed by atoms with E-state index in [9.17, 15) is 14.0 Å². The van der Waals surface area contributed by atoms with E-state index in [1.165, 1.54) is 33.2 Å². The van der Waals surface area contributed by atoms with Gasteiger partial charge in [0.2, 0.25) is 0 Å². The molecule has 0 aliphatic rings. The van der Waals surface area contributed by atoms with Crippen LogP contribution in [0.4, 0.5) is 14.9 Å². The number of aliphatic carboxylic acids is 1. The summed E-state index contributed by atoms with van der Waals surface area (Å²) in [6, 6.07) is 2.02. The Morgan fingerprint density at radius 1 is 1.47 bits per heavy atom. The van der Waals surface area contributed by atoms with Gasteiger partial charge in [-0.15, -0.1) is 0 Å². The Bertz CT molecular complexity index is 493. The number of anilines is 1. The number of hydrogen-bond acceptors (Lipinski definition) is 3. The number of methoxy groups -OCH3 is 1. The number of benzene rings is 1. The smallest absolute Gasteiger partial charge is 0.326 e. The van der Waals surface area contributed by atoms with Crippen molar-refractivity contribution in [3.63, 3.8) is 0 Å². The molecule has 1 atom stereocenters. The van der Waals surface area contributed by atoms with Gasteiger partial charge in [0, 0.05) is 13.1 Å². The highest BCUT2D eigenvalue weighted by atomic mass is 19.1. The molecule has 0 bridgehead atoms. The quantitative estimate of drug-likeness (QED) is 0.874. The molecule has 1 unspecified atom stereocenters. The van der Waals surface area contributed by atoms with Gasteiger partial charge in [-0.25, -0.2) is 14.0 Å². The van der Waals surface area contributed by atoms with Gasteiger partial charge < -0.3 is 20.1 Å². The number of likely N-dealkylation sites (N-methyl/N-ethyl adjacent to an activating group) is 1. The van der Waals surface area contributed by atoms with Gasteiger partial charge in [0.1, 0.15) is 17.6 Å². The van der Waals surface area contributed by atoms with Gasteiger partial charge in [-0.2, -0.15) is 0 Å². The maximum atomic E-state index is 13.0. The Kier molecular flexibility index (Phi) is 4.68. The van der Waals surface area contributed by atoms with Crippen molar-refractivity contribution in [3.05, 3.63) is 24.0 Å². The van der Waals surface area contributed by atoms with E-state index in [0.29, 0.717) is 0 Å². The fourth-order valence-electron chi connectivity index (χ4n) is 1.31. The predicted molar refractivity (Wildman–Crippen MR) is 66.8 cm³/mol. The molecule has 0 fully saturated rings. The molecule has 0 saturated heterocycles. The number of ether oxygens (including phenoxy) is 1. The molecular weight excluding hydrogens is 255 g/mol. The summed E-state index contributed by atoms with van der Waals surface area (Å²) in [6.07, 6.45) is 0. The molecule has 0 saturated carbocycles. The van der Waals surface area contributed by atoms with E-state index in [0.717, 1.165) is 11.0 Å². The number of rotatable bonds is 4. The van der Waals surface area contributed by atoms with Crippen molar-refractivity contribution in [2.75, 3.05) is 19.5 Å². The first-order valence-electron chi connectivity index (χ1n) is 5.47. The summed E-state index contributed by atoms with van der Waals surface area (Å²) >= 11 is 0. The third-order valence-electron chi connectivity index (χ3n) is 2.66. The van der Waals surface area contributed by atoms with E-state index in [2.05, 4.69) is 5.32 Å². The molecule has 1 aromatic rings. The Balaban J connectivity index is 2.85. The first-order valence-corrected chi connectivity index (χ1v) is 5.47. The summed E-state index contributed by atoms with van der Waals surface area (Å²) in [4.78, 5) is 23.6. The molecular formula is C12H15FN2O4. The summed E-state index contributed by atoms with van der Waals surface area (Å²) in [6.45, 7) is 1.38. The summed E-state index contributed by atoms with van der Waals surface area (Å²) in [5.41, 5.74) is 0.262. The lowest BCUT2D eigenvalue weighted by molar-refractivity contribution is -0.141. The summed E-state index contributed by atoms with van der Waals surface area (Å²) < 4.78 is 17.9. The molecule has 2 amide bonds. The van der Waals surface area contributed by atoms with Crippen LogP contribution in [0.5, 0.6) is 5.75 Å². The van der Waals surface area contributed by atoms with E-state index >= 15 is 0 Å². The minimum Gasteiger partial charge on any atom is -0.494 e. The highest BCUT2D eigenvalue weighted by molar-refractivity contribution is 5.93. The van der Waals surface area contributed by atoms with Crippen LogP contribution in [0.25, 0.3) is 0 Å². The SMILES string of the molecule is COc1cc(F)ccc1NC(=O)N(C)C(C)C(=O)O. The maximum absolute atomic E-state index is 13.0. The van der Waals surface area contributed by atoms with Gasteiger partial charge in [-0.3, -0.25) is 0 Å². The standard InChI is InChI=1S/C12H15FN2O4/c1-7(11(16)17)15(2)12(18)14-9-5-4-8(13)6-10(9)19-3/h4-7H,1-3H3,(H,14,18)(H,16,17). The number of carboxylic acids is 1. The van der Waals surface area contributed by atoms with Crippen molar-refractivity contribution in [1.29, 1.82) is 0 Å². The van der Waals surface area contributed by atoms with Crippen LogP contribution in [0.3, 0.4) is 0 Å². The van der Waals surface area contributed by atoms with Gasteiger partial charge in [-0.1, -0.05) is 0 Å². The number of amides is 2. The predicted octanol–water partition coefficient (Wildman–Crippen LogP) is 1.77. The number of nitrogens with zero attached hydrogens (tertiary/aromatic N) is 1. The normalized spacial score (nSPS) is 11.6. The molecule has 0 aliphatic heterocycles. The number of carbonyl (C=O) groups is 2. The van der Waals surface area contributed by atoms with Crippen LogP contribution in [0.2, 0.25) is 0 Å². The lowest BCUT2D eigenvalue weighted by Crippen LogP contribution is -2.42. The van der Waals surface area contributed by atoms with Crippen LogP contribution < -0.4 is 10.1 Å². The molecule has 0 radical (unpaired) electrons. The van der Waals surface area contributed by atoms with Gasteiger partial charge in [-0.05, 0) is 19.1 Å². The molecule has 2 N–H and O–H groups in total. The van der Waals surface area contributed by atoms with Gasteiger partial charge in [0.05, 0.1) is 12.8 Å². The number of carboxylic acid groups (broad SMARTS) is 1. The monoisotopic (exact) mass is 270 g/mol. The zero-order chi connectivity index (χ0) is 14.6. The van der Waals surface area contributed by atoms with Crippen molar-refractivity contribution >= 4 is 17.7 Å². The zero-order valence-electron chi connectivity index (χ0n) is 10.8. The molecule has 1 aromatic carbocycles. The molecule has 0 aromatic heterocycles. The molecule has 7 heteroatoms. The largest absolute Gasteiger partial charge is 0.494 e. The second kappa shape index (κ2) is 6.03. The van der Waals surface area contributed by atoms with Crippen LogP contribution in [0.1, 0.15) is 6.92 Å². The fourth-order valence-corrected chi connectivity index (χ4v) is 1.31. The number of nitrogens with one attached hydrogen (secondary N) is 1. The average molecular weight is 270 g/mol.